The molecule has 0 saturated carbocycles. The molecule has 0 aliphatic carbocycles. The van der Waals surface area contributed by atoms with Gasteiger partial charge >= 0.3 is 0 Å². The van der Waals surface area contributed by atoms with Crippen molar-refractivity contribution in [2.75, 3.05) is 13.1 Å². The minimum absolute atomic E-state index is 0.228. The lowest BCUT2D eigenvalue weighted by molar-refractivity contribution is 0.103. The molecule has 2 rings (SSSR count). The van der Waals surface area contributed by atoms with Crippen molar-refractivity contribution in [2.24, 2.45) is 0 Å². The Balaban J connectivity index is 1.93. The molecular weight excluding hydrogens is 222 g/mol. The molecule has 0 amide bonds. The number of aryl methyl sites for hydroxylation is 1. The van der Waals surface area contributed by atoms with Gasteiger partial charge in [-0.15, -0.1) is 6.58 Å². The van der Waals surface area contributed by atoms with Crippen molar-refractivity contribution in [3.8, 4) is 0 Å². The first-order valence-electron chi connectivity index (χ1n) is 6.87. The maximum absolute atomic E-state index is 9.98. The van der Waals surface area contributed by atoms with Crippen LogP contribution < -0.4 is 0 Å². The molecule has 1 unspecified atom stereocenters. The number of hydrogen-bond acceptors (Lipinski definition) is 2. The Morgan fingerprint density at radius 2 is 2.11 bits per heavy atom. The molecule has 1 aromatic carbocycles. The predicted octanol–water partition coefficient (Wildman–Crippen LogP) is 2.76. The van der Waals surface area contributed by atoms with Crippen LogP contribution in [0, 0.1) is 0 Å². The van der Waals surface area contributed by atoms with Crippen LogP contribution in [0.5, 0.6) is 0 Å². The van der Waals surface area contributed by atoms with E-state index in [4.69, 9.17) is 0 Å². The number of β-amino-alcohol motifs (C(OH)–C–C–N with tert-alkyl or cyclic N) is 1. The summed E-state index contributed by atoms with van der Waals surface area (Å²) in [5, 5.41) is 9.98. The van der Waals surface area contributed by atoms with E-state index in [-0.39, 0.29) is 6.10 Å². The lowest BCUT2D eigenvalue weighted by Crippen LogP contribution is -2.32. The maximum atomic E-state index is 9.98. The summed E-state index contributed by atoms with van der Waals surface area (Å²) in [6, 6.07) is 8.67. The summed E-state index contributed by atoms with van der Waals surface area (Å²) in [6.07, 6.45) is 5.71. The molecule has 0 radical (unpaired) electrons. The summed E-state index contributed by atoms with van der Waals surface area (Å²) < 4.78 is 0. The Hall–Kier alpha value is -1.12. The number of allylic oxidation sites excluding steroid dienone is 1. The van der Waals surface area contributed by atoms with Gasteiger partial charge in [-0.05, 0) is 43.4 Å². The molecular formula is C16H23NO. The summed E-state index contributed by atoms with van der Waals surface area (Å²) in [7, 11) is 0. The number of rotatable bonds is 5. The summed E-state index contributed by atoms with van der Waals surface area (Å²) >= 11 is 0. The molecule has 1 aliphatic rings. The number of aliphatic hydroxyl groups is 1. The average Bonchev–Trinajstić information content (AvgIpc) is 2.57. The lowest BCUT2D eigenvalue weighted by Gasteiger charge is -2.23. The van der Waals surface area contributed by atoms with Crippen LogP contribution in [-0.4, -0.2) is 29.2 Å². The molecule has 1 N–H and O–H groups in total. The Morgan fingerprint density at radius 1 is 1.33 bits per heavy atom. The molecule has 2 nitrogen and oxygen atoms in total. The van der Waals surface area contributed by atoms with E-state index in [1.165, 1.54) is 17.5 Å². The van der Waals surface area contributed by atoms with E-state index in [1.54, 1.807) is 0 Å². The maximum Gasteiger partial charge on any atom is 0.0670 e. The Labute approximate surface area is 110 Å². The van der Waals surface area contributed by atoms with E-state index >= 15 is 0 Å². The standard InChI is InChI=1S/C16H23NO/c1-2-3-10-16(18)13-17-11-6-9-14-7-4-5-8-15(14)12-17/h2,4-5,7-8,16,18H,1,3,6,9-13H2. The fraction of sp³-hybridized carbons (Fsp3) is 0.500. The van der Waals surface area contributed by atoms with Crippen LogP contribution in [-0.2, 0) is 13.0 Å². The van der Waals surface area contributed by atoms with Crippen LogP contribution in [0.2, 0.25) is 0 Å². The van der Waals surface area contributed by atoms with E-state index in [0.717, 1.165) is 38.9 Å². The first-order valence-corrected chi connectivity index (χ1v) is 6.87. The van der Waals surface area contributed by atoms with Crippen LogP contribution in [0.25, 0.3) is 0 Å². The molecule has 1 aliphatic heterocycles. The second kappa shape index (κ2) is 6.72. The summed E-state index contributed by atoms with van der Waals surface area (Å²) in [5.41, 5.74) is 2.89. The van der Waals surface area contributed by atoms with Crippen molar-refractivity contribution in [1.82, 2.24) is 4.90 Å². The van der Waals surface area contributed by atoms with Gasteiger partial charge in [-0.3, -0.25) is 4.90 Å². The van der Waals surface area contributed by atoms with Gasteiger partial charge in [0.1, 0.15) is 0 Å². The van der Waals surface area contributed by atoms with Crippen molar-refractivity contribution in [3.05, 3.63) is 48.0 Å². The van der Waals surface area contributed by atoms with Gasteiger partial charge < -0.3 is 5.11 Å². The molecule has 1 aromatic rings. The lowest BCUT2D eigenvalue weighted by atomic mass is 10.0. The van der Waals surface area contributed by atoms with E-state index in [2.05, 4.69) is 35.7 Å². The first kappa shape index (κ1) is 13.3. The summed E-state index contributed by atoms with van der Waals surface area (Å²) in [4.78, 5) is 2.37. The highest BCUT2D eigenvalue weighted by Gasteiger charge is 2.16. The van der Waals surface area contributed by atoms with Crippen LogP contribution in [0.15, 0.2) is 36.9 Å². The topological polar surface area (TPSA) is 23.5 Å². The molecule has 1 heterocycles. The molecule has 0 fully saturated rings. The molecule has 0 bridgehead atoms. The molecule has 0 saturated heterocycles. The predicted molar refractivity (Wildman–Crippen MR) is 75.5 cm³/mol. The Bertz CT molecular complexity index is 388. The zero-order valence-corrected chi connectivity index (χ0v) is 11.0. The second-order valence-corrected chi connectivity index (χ2v) is 5.13. The summed E-state index contributed by atoms with van der Waals surface area (Å²) in [5.74, 6) is 0. The molecule has 98 valence electrons. The van der Waals surface area contributed by atoms with Gasteiger partial charge in [0.25, 0.3) is 0 Å². The highest BCUT2D eigenvalue weighted by Crippen LogP contribution is 2.18. The fourth-order valence-corrected chi connectivity index (χ4v) is 2.62. The van der Waals surface area contributed by atoms with Crippen molar-refractivity contribution < 1.29 is 5.11 Å². The number of aliphatic hydroxyl groups excluding tert-OH is 1. The Kier molecular flexibility index (Phi) is 4.97. The van der Waals surface area contributed by atoms with Gasteiger partial charge in [0, 0.05) is 13.1 Å². The highest BCUT2D eigenvalue weighted by molar-refractivity contribution is 5.28. The van der Waals surface area contributed by atoms with Crippen molar-refractivity contribution >= 4 is 0 Å². The van der Waals surface area contributed by atoms with E-state index in [0.29, 0.717) is 0 Å². The first-order chi connectivity index (χ1) is 8.79. The van der Waals surface area contributed by atoms with Crippen LogP contribution in [0.3, 0.4) is 0 Å². The number of nitrogens with zero attached hydrogens (tertiary/aromatic N) is 1. The van der Waals surface area contributed by atoms with Crippen LogP contribution in [0.4, 0.5) is 0 Å². The van der Waals surface area contributed by atoms with Gasteiger partial charge in [0.2, 0.25) is 0 Å². The summed E-state index contributed by atoms with van der Waals surface area (Å²) in [6.45, 7) is 6.54. The zero-order chi connectivity index (χ0) is 12.8. The van der Waals surface area contributed by atoms with Crippen molar-refractivity contribution in [3.63, 3.8) is 0 Å². The third-order valence-electron chi connectivity index (χ3n) is 3.61. The number of hydrogen-bond donors (Lipinski definition) is 1. The minimum atomic E-state index is -0.228. The third kappa shape index (κ3) is 3.69. The van der Waals surface area contributed by atoms with Crippen molar-refractivity contribution in [1.29, 1.82) is 0 Å². The van der Waals surface area contributed by atoms with Gasteiger partial charge in [0.05, 0.1) is 6.10 Å². The van der Waals surface area contributed by atoms with E-state index in [1.807, 2.05) is 6.08 Å². The SMILES string of the molecule is C=CCCC(O)CN1CCCc2ccccc2C1. The van der Waals surface area contributed by atoms with Gasteiger partial charge in [-0.25, -0.2) is 0 Å². The van der Waals surface area contributed by atoms with E-state index < -0.39 is 0 Å². The average molecular weight is 245 g/mol. The van der Waals surface area contributed by atoms with Crippen molar-refractivity contribution in [2.45, 2.75) is 38.3 Å². The van der Waals surface area contributed by atoms with Crippen LogP contribution >= 0.6 is 0 Å². The normalized spacial score (nSPS) is 17.8. The third-order valence-corrected chi connectivity index (χ3v) is 3.61. The molecule has 18 heavy (non-hydrogen) atoms. The van der Waals surface area contributed by atoms with E-state index in [9.17, 15) is 5.11 Å². The smallest absolute Gasteiger partial charge is 0.0670 e. The Morgan fingerprint density at radius 3 is 2.89 bits per heavy atom. The minimum Gasteiger partial charge on any atom is -0.392 e. The second-order valence-electron chi connectivity index (χ2n) is 5.13. The molecule has 1 atom stereocenters. The highest BCUT2D eigenvalue weighted by atomic mass is 16.3. The monoisotopic (exact) mass is 245 g/mol. The van der Waals surface area contributed by atoms with Gasteiger partial charge in [-0.2, -0.15) is 0 Å². The van der Waals surface area contributed by atoms with Gasteiger partial charge in [0.15, 0.2) is 0 Å². The number of fused-ring (bicyclic) bond motifs is 1. The zero-order valence-electron chi connectivity index (χ0n) is 11.0. The molecule has 0 aromatic heterocycles. The fourth-order valence-electron chi connectivity index (χ4n) is 2.62. The molecule has 2 heteroatoms. The number of benzene rings is 1. The van der Waals surface area contributed by atoms with Gasteiger partial charge in [-0.1, -0.05) is 30.3 Å². The quantitative estimate of drug-likeness (QED) is 0.806. The van der Waals surface area contributed by atoms with Crippen LogP contribution in [0.1, 0.15) is 30.4 Å². The molecule has 0 spiro atoms. The largest absolute Gasteiger partial charge is 0.392 e.